The average Bonchev–Trinajstić information content (AvgIpc) is 2.96. The molecular weight excluding hydrogens is 290 g/mol. The SMILES string of the molecule is CN(CCN1CCCC1)C(=O)C1CCN(S(C)(=O)=O)CC1. The first-order valence-electron chi connectivity index (χ1n) is 7.80. The Kier molecular flexibility index (Phi) is 5.62. The molecule has 2 heterocycles. The van der Waals surface area contributed by atoms with Crippen molar-refractivity contribution >= 4 is 15.9 Å². The van der Waals surface area contributed by atoms with E-state index < -0.39 is 10.0 Å². The topological polar surface area (TPSA) is 60.9 Å². The molecule has 0 aliphatic carbocycles. The minimum atomic E-state index is -3.11. The second kappa shape index (κ2) is 7.07. The molecule has 0 aromatic carbocycles. The third-order valence-electron chi connectivity index (χ3n) is 4.60. The first-order valence-corrected chi connectivity index (χ1v) is 9.65. The number of carbonyl (C=O) groups excluding carboxylic acids is 1. The molecule has 0 radical (unpaired) electrons. The summed E-state index contributed by atoms with van der Waals surface area (Å²) in [5.74, 6) is 0.147. The molecule has 21 heavy (non-hydrogen) atoms. The Morgan fingerprint density at radius 1 is 1.14 bits per heavy atom. The van der Waals surface area contributed by atoms with Gasteiger partial charge in [-0.1, -0.05) is 0 Å². The van der Waals surface area contributed by atoms with Crippen molar-refractivity contribution in [1.29, 1.82) is 0 Å². The number of piperidine rings is 1. The van der Waals surface area contributed by atoms with Gasteiger partial charge in [-0.3, -0.25) is 4.79 Å². The summed E-state index contributed by atoms with van der Waals surface area (Å²) in [4.78, 5) is 16.6. The molecule has 0 spiro atoms. The van der Waals surface area contributed by atoms with Crippen LogP contribution in [0.3, 0.4) is 0 Å². The highest BCUT2D eigenvalue weighted by atomic mass is 32.2. The number of rotatable bonds is 5. The molecule has 0 unspecified atom stereocenters. The van der Waals surface area contributed by atoms with Gasteiger partial charge in [0.2, 0.25) is 15.9 Å². The molecule has 0 N–H and O–H groups in total. The fourth-order valence-corrected chi connectivity index (χ4v) is 4.03. The lowest BCUT2D eigenvalue weighted by Gasteiger charge is -2.32. The van der Waals surface area contributed by atoms with Crippen molar-refractivity contribution in [2.45, 2.75) is 25.7 Å². The van der Waals surface area contributed by atoms with Crippen molar-refractivity contribution in [3.63, 3.8) is 0 Å². The molecule has 7 heteroatoms. The molecule has 0 bridgehead atoms. The van der Waals surface area contributed by atoms with E-state index in [1.54, 1.807) is 0 Å². The Bertz CT molecular complexity index is 452. The van der Waals surface area contributed by atoms with Crippen LogP contribution in [0.5, 0.6) is 0 Å². The van der Waals surface area contributed by atoms with Gasteiger partial charge in [0.15, 0.2) is 0 Å². The smallest absolute Gasteiger partial charge is 0.225 e. The highest BCUT2D eigenvalue weighted by molar-refractivity contribution is 7.88. The zero-order valence-electron chi connectivity index (χ0n) is 13.1. The van der Waals surface area contributed by atoms with Crippen molar-refractivity contribution < 1.29 is 13.2 Å². The van der Waals surface area contributed by atoms with E-state index in [-0.39, 0.29) is 11.8 Å². The summed E-state index contributed by atoms with van der Waals surface area (Å²) in [5.41, 5.74) is 0. The molecule has 0 saturated carbocycles. The predicted octanol–water partition coefficient (Wildman–Crippen LogP) is 0.212. The van der Waals surface area contributed by atoms with E-state index in [2.05, 4.69) is 4.90 Å². The first kappa shape index (κ1) is 16.7. The monoisotopic (exact) mass is 317 g/mol. The summed E-state index contributed by atoms with van der Waals surface area (Å²) in [6.07, 6.45) is 5.04. The van der Waals surface area contributed by atoms with Crippen LogP contribution in [0.25, 0.3) is 0 Å². The normalized spacial score (nSPS) is 22.6. The van der Waals surface area contributed by atoms with E-state index in [9.17, 15) is 13.2 Å². The molecule has 0 atom stereocenters. The maximum atomic E-state index is 12.4. The van der Waals surface area contributed by atoms with E-state index in [1.807, 2.05) is 11.9 Å². The molecule has 122 valence electrons. The van der Waals surface area contributed by atoms with Crippen LogP contribution in [0.2, 0.25) is 0 Å². The summed E-state index contributed by atoms with van der Waals surface area (Å²) in [6.45, 7) is 4.95. The number of hydrogen-bond acceptors (Lipinski definition) is 4. The van der Waals surface area contributed by atoms with Gasteiger partial charge in [-0.15, -0.1) is 0 Å². The maximum Gasteiger partial charge on any atom is 0.225 e. The van der Waals surface area contributed by atoms with E-state index in [1.165, 1.54) is 23.4 Å². The van der Waals surface area contributed by atoms with E-state index in [0.29, 0.717) is 25.9 Å². The Morgan fingerprint density at radius 3 is 2.24 bits per heavy atom. The van der Waals surface area contributed by atoms with Gasteiger partial charge in [-0.25, -0.2) is 12.7 Å². The quantitative estimate of drug-likeness (QED) is 0.727. The molecule has 2 aliphatic heterocycles. The van der Waals surface area contributed by atoms with Crippen LogP contribution in [-0.2, 0) is 14.8 Å². The summed E-state index contributed by atoms with van der Waals surface area (Å²) in [6, 6.07) is 0. The lowest BCUT2D eigenvalue weighted by Crippen LogP contribution is -2.44. The van der Waals surface area contributed by atoms with Crippen molar-refractivity contribution in [3.8, 4) is 0 Å². The molecule has 2 aliphatic rings. The lowest BCUT2D eigenvalue weighted by molar-refractivity contribution is -0.135. The third kappa shape index (κ3) is 4.66. The van der Waals surface area contributed by atoms with E-state index >= 15 is 0 Å². The van der Waals surface area contributed by atoms with Crippen LogP contribution in [-0.4, -0.2) is 81.0 Å². The van der Waals surface area contributed by atoms with Crippen LogP contribution < -0.4 is 0 Å². The largest absolute Gasteiger partial charge is 0.344 e. The van der Waals surface area contributed by atoms with Crippen LogP contribution in [0.1, 0.15) is 25.7 Å². The third-order valence-corrected chi connectivity index (χ3v) is 5.90. The van der Waals surface area contributed by atoms with Gasteiger partial charge in [0.25, 0.3) is 0 Å². The van der Waals surface area contributed by atoms with Gasteiger partial charge in [0, 0.05) is 39.1 Å². The Hall–Kier alpha value is -0.660. The lowest BCUT2D eigenvalue weighted by atomic mass is 9.97. The van der Waals surface area contributed by atoms with E-state index in [4.69, 9.17) is 0 Å². The Morgan fingerprint density at radius 2 is 1.71 bits per heavy atom. The van der Waals surface area contributed by atoms with Crippen molar-refractivity contribution in [1.82, 2.24) is 14.1 Å². The fourth-order valence-electron chi connectivity index (χ4n) is 3.15. The summed E-state index contributed by atoms with van der Waals surface area (Å²) in [5, 5.41) is 0. The number of amides is 1. The first-order chi connectivity index (χ1) is 9.88. The molecule has 2 fully saturated rings. The summed E-state index contributed by atoms with van der Waals surface area (Å²) >= 11 is 0. The fraction of sp³-hybridized carbons (Fsp3) is 0.929. The van der Waals surface area contributed by atoms with Gasteiger partial charge in [0.05, 0.1) is 6.26 Å². The van der Waals surface area contributed by atoms with Gasteiger partial charge >= 0.3 is 0 Å². The average molecular weight is 317 g/mol. The van der Waals surface area contributed by atoms with Crippen molar-refractivity contribution in [2.75, 3.05) is 52.6 Å². The van der Waals surface area contributed by atoms with Crippen LogP contribution >= 0.6 is 0 Å². The Labute approximate surface area is 128 Å². The number of nitrogens with zero attached hydrogens (tertiary/aromatic N) is 3. The van der Waals surface area contributed by atoms with Crippen molar-refractivity contribution in [3.05, 3.63) is 0 Å². The number of likely N-dealkylation sites (tertiary alicyclic amines) is 1. The maximum absolute atomic E-state index is 12.4. The van der Waals surface area contributed by atoms with Gasteiger partial charge < -0.3 is 9.80 Å². The second-order valence-corrected chi connectivity index (χ2v) is 8.23. The number of likely N-dealkylation sites (N-methyl/N-ethyl adjacent to an activating group) is 1. The summed E-state index contributed by atoms with van der Waals surface area (Å²) in [7, 11) is -1.25. The number of hydrogen-bond donors (Lipinski definition) is 0. The van der Waals surface area contributed by atoms with Crippen LogP contribution in [0, 0.1) is 5.92 Å². The zero-order chi connectivity index (χ0) is 15.5. The van der Waals surface area contributed by atoms with Gasteiger partial charge in [-0.05, 0) is 38.8 Å². The highest BCUT2D eigenvalue weighted by Crippen LogP contribution is 2.21. The molecule has 6 nitrogen and oxygen atoms in total. The number of carbonyl (C=O) groups is 1. The minimum absolute atomic E-state index is 0.0217. The predicted molar refractivity (Wildman–Crippen MR) is 82.5 cm³/mol. The van der Waals surface area contributed by atoms with Crippen LogP contribution in [0.4, 0.5) is 0 Å². The van der Waals surface area contributed by atoms with Crippen LogP contribution in [0.15, 0.2) is 0 Å². The zero-order valence-corrected chi connectivity index (χ0v) is 13.9. The minimum Gasteiger partial charge on any atom is -0.344 e. The Balaban J connectivity index is 1.75. The van der Waals surface area contributed by atoms with Gasteiger partial charge in [0.1, 0.15) is 0 Å². The molecule has 0 aromatic rings. The second-order valence-electron chi connectivity index (χ2n) is 6.24. The molecular formula is C14H27N3O3S. The summed E-state index contributed by atoms with van der Waals surface area (Å²) < 4.78 is 24.4. The highest BCUT2D eigenvalue weighted by Gasteiger charge is 2.30. The molecule has 0 aromatic heterocycles. The number of sulfonamides is 1. The molecule has 2 saturated heterocycles. The molecule has 1 amide bonds. The molecule has 2 rings (SSSR count). The van der Waals surface area contributed by atoms with E-state index in [0.717, 1.165) is 26.2 Å². The standard InChI is InChI=1S/C14H27N3O3S/c1-15(11-12-16-7-3-4-8-16)14(18)13-5-9-17(10-6-13)21(2,19)20/h13H,3-12H2,1-2H3. The van der Waals surface area contributed by atoms with Crippen molar-refractivity contribution in [2.24, 2.45) is 5.92 Å². The van der Waals surface area contributed by atoms with Gasteiger partial charge in [-0.2, -0.15) is 0 Å².